The topological polar surface area (TPSA) is 83.6 Å². The summed E-state index contributed by atoms with van der Waals surface area (Å²) in [6.45, 7) is 0. The summed E-state index contributed by atoms with van der Waals surface area (Å²) in [6.07, 6.45) is 1.42. The molecular formula is C9H7BrN2O4. The lowest BCUT2D eigenvalue weighted by Gasteiger charge is -2.27. The minimum atomic E-state index is -0.885. The number of nitrogens with one attached hydrogen (secondary N) is 1. The van der Waals surface area contributed by atoms with Crippen LogP contribution < -0.4 is 5.32 Å². The molecule has 1 unspecified atom stereocenters. The Bertz CT molecular complexity index is 443. The van der Waals surface area contributed by atoms with E-state index >= 15 is 0 Å². The predicted molar refractivity (Wildman–Crippen MR) is 55.0 cm³/mol. The van der Waals surface area contributed by atoms with E-state index in [0.29, 0.717) is 0 Å². The van der Waals surface area contributed by atoms with E-state index in [-0.39, 0.29) is 23.2 Å². The summed E-state index contributed by atoms with van der Waals surface area (Å²) in [7, 11) is 0. The molecule has 2 heterocycles. The van der Waals surface area contributed by atoms with Crippen molar-refractivity contribution in [1.29, 1.82) is 0 Å². The highest BCUT2D eigenvalue weighted by Crippen LogP contribution is 2.23. The molecule has 1 saturated heterocycles. The lowest BCUT2D eigenvalue weighted by Crippen LogP contribution is -2.54. The van der Waals surface area contributed by atoms with Crippen LogP contribution in [0, 0.1) is 0 Å². The fourth-order valence-corrected chi connectivity index (χ4v) is 2.07. The lowest BCUT2D eigenvalue weighted by atomic mass is 10.0. The van der Waals surface area contributed by atoms with E-state index in [9.17, 15) is 19.2 Å². The number of amides is 4. The van der Waals surface area contributed by atoms with Crippen molar-refractivity contribution in [3.63, 3.8) is 0 Å². The molecule has 0 saturated carbocycles. The van der Waals surface area contributed by atoms with E-state index in [2.05, 4.69) is 21.2 Å². The minimum absolute atomic E-state index is 0.127. The van der Waals surface area contributed by atoms with Gasteiger partial charge in [0.15, 0.2) is 0 Å². The molecule has 0 bridgehead atoms. The molecule has 6 nitrogen and oxygen atoms in total. The van der Waals surface area contributed by atoms with Gasteiger partial charge in [0.2, 0.25) is 11.8 Å². The van der Waals surface area contributed by atoms with Crippen LogP contribution in [-0.4, -0.2) is 34.6 Å². The van der Waals surface area contributed by atoms with Crippen LogP contribution in [0.4, 0.5) is 0 Å². The van der Waals surface area contributed by atoms with Crippen molar-refractivity contribution in [3.05, 3.63) is 10.6 Å². The molecule has 0 aliphatic carbocycles. The van der Waals surface area contributed by atoms with Gasteiger partial charge in [-0.1, -0.05) is 0 Å². The van der Waals surface area contributed by atoms with Crippen molar-refractivity contribution in [2.45, 2.75) is 18.9 Å². The maximum atomic E-state index is 11.6. The number of hydrogen-bond donors (Lipinski definition) is 1. The Morgan fingerprint density at radius 1 is 1.31 bits per heavy atom. The first-order valence-corrected chi connectivity index (χ1v) is 5.38. The maximum absolute atomic E-state index is 11.6. The summed E-state index contributed by atoms with van der Waals surface area (Å²) in [5, 5.41) is 2.10. The number of halogens is 1. The first kappa shape index (κ1) is 11.0. The Labute approximate surface area is 98.8 Å². The second-order valence-corrected chi connectivity index (χ2v) is 4.33. The molecule has 2 aliphatic heterocycles. The largest absolute Gasteiger partial charge is 0.295 e. The van der Waals surface area contributed by atoms with Gasteiger partial charge >= 0.3 is 0 Å². The summed E-state index contributed by atoms with van der Waals surface area (Å²) in [4.78, 5) is 46.3. The molecule has 7 heteroatoms. The molecule has 0 aromatic carbocycles. The number of piperidine rings is 1. The molecule has 0 aromatic heterocycles. The molecule has 1 atom stereocenters. The summed E-state index contributed by atoms with van der Waals surface area (Å²) < 4.78 is 0.127. The molecule has 1 N–H and O–H groups in total. The van der Waals surface area contributed by atoms with Crippen LogP contribution in [0.1, 0.15) is 12.8 Å². The van der Waals surface area contributed by atoms with Gasteiger partial charge in [-0.25, -0.2) is 0 Å². The van der Waals surface area contributed by atoms with Gasteiger partial charge in [0.25, 0.3) is 11.8 Å². The van der Waals surface area contributed by atoms with Crippen molar-refractivity contribution in [1.82, 2.24) is 10.2 Å². The first-order valence-electron chi connectivity index (χ1n) is 4.59. The highest BCUT2D eigenvalue weighted by atomic mass is 79.9. The molecule has 0 aromatic rings. The van der Waals surface area contributed by atoms with Crippen LogP contribution in [0.15, 0.2) is 10.6 Å². The van der Waals surface area contributed by atoms with Gasteiger partial charge in [-0.3, -0.25) is 29.4 Å². The Hall–Kier alpha value is -1.50. The molecule has 1 fully saturated rings. The number of carbonyl (C=O) groups is 4. The SMILES string of the molecule is O=C1CCC(N2C(=O)C=C(Br)C2=O)C(=O)N1. The summed E-state index contributed by atoms with van der Waals surface area (Å²) >= 11 is 2.93. The highest BCUT2D eigenvalue weighted by Gasteiger charge is 2.41. The van der Waals surface area contributed by atoms with Gasteiger partial charge in [0.05, 0.1) is 4.48 Å². The van der Waals surface area contributed by atoms with Gasteiger partial charge in [-0.15, -0.1) is 0 Å². The van der Waals surface area contributed by atoms with E-state index in [1.54, 1.807) is 0 Å². The molecule has 2 rings (SSSR count). The molecule has 4 amide bonds. The molecule has 0 spiro atoms. The van der Waals surface area contributed by atoms with Crippen molar-refractivity contribution < 1.29 is 19.2 Å². The van der Waals surface area contributed by atoms with Crippen LogP contribution in [0.25, 0.3) is 0 Å². The second kappa shape index (κ2) is 3.82. The van der Waals surface area contributed by atoms with Gasteiger partial charge in [-0.05, 0) is 22.4 Å². The van der Waals surface area contributed by atoms with E-state index in [4.69, 9.17) is 0 Å². The normalized spacial score (nSPS) is 25.9. The van der Waals surface area contributed by atoms with E-state index < -0.39 is 23.8 Å². The maximum Gasteiger partial charge on any atom is 0.268 e. The van der Waals surface area contributed by atoms with Gasteiger partial charge in [-0.2, -0.15) is 0 Å². The number of carbonyl (C=O) groups excluding carboxylic acids is 4. The van der Waals surface area contributed by atoms with Crippen molar-refractivity contribution >= 4 is 39.6 Å². The standard InChI is InChI=1S/C9H7BrN2O4/c10-4-3-7(14)12(9(4)16)5-1-2-6(13)11-8(5)15/h3,5H,1-2H2,(H,11,13,15). The predicted octanol–water partition coefficient (Wildman–Crippen LogP) is -0.561. The second-order valence-electron chi connectivity index (χ2n) is 3.47. The zero-order chi connectivity index (χ0) is 11.9. The zero-order valence-corrected chi connectivity index (χ0v) is 9.61. The summed E-state index contributed by atoms with van der Waals surface area (Å²) in [5.74, 6) is -2.06. The van der Waals surface area contributed by atoms with E-state index in [0.717, 1.165) is 11.0 Å². The Balaban J connectivity index is 2.21. The van der Waals surface area contributed by atoms with Crippen LogP contribution in [0.3, 0.4) is 0 Å². The quantitative estimate of drug-likeness (QED) is 0.655. The average molecular weight is 287 g/mol. The summed E-state index contributed by atoms with van der Waals surface area (Å²) in [5.41, 5.74) is 0. The number of nitrogens with zero attached hydrogens (tertiary/aromatic N) is 1. The first-order chi connectivity index (χ1) is 7.50. The third-order valence-corrected chi connectivity index (χ3v) is 3.00. The molecule has 84 valence electrons. The fraction of sp³-hybridized carbons (Fsp3) is 0.333. The van der Waals surface area contributed by atoms with E-state index in [1.165, 1.54) is 0 Å². The Morgan fingerprint density at radius 3 is 2.50 bits per heavy atom. The van der Waals surface area contributed by atoms with Crippen molar-refractivity contribution in [2.24, 2.45) is 0 Å². The van der Waals surface area contributed by atoms with Crippen LogP contribution in [0.5, 0.6) is 0 Å². The van der Waals surface area contributed by atoms with Crippen LogP contribution in [-0.2, 0) is 19.2 Å². The van der Waals surface area contributed by atoms with Gasteiger partial charge < -0.3 is 0 Å². The molecule has 16 heavy (non-hydrogen) atoms. The van der Waals surface area contributed by atoms with Gasteiger partial charge in [0.1, 0.15) is 6.04 Å². The Morgan fingerprint density at radius 2 is 2.00 bits per heavy atom. The minimum Gasteiger partial charge on any atom is -0.295 e. The number of imide groups is 2. The molecule has 0 radical (unpaired) electrons. The van der Waals surface area contributed by atoms with Crippen molar-refractivity contribution in [3.8, 4) is 0 Å². The fourth-order valence-electron chi connectivity index (χ4n) is 1.68. The third-order valence-electron chi connectivity index (χ3n) is 2.43. The number of hydrogen-bond acceptors (Lipinski definition) is 4. The zero-order valence-electron chi connectivity index (χ0n) is 8.03. The smallest absolute Gasteiger partial charge is 0.268 e. The lowest BCUT2D eigenvalue weighted by molar-refractivity contribution is -0.149. The van der Waals surface area contributed by atoms with E-state index in [1.807, 2.05) is 0 Å². The Kier molecular flexibility index (Phi) is 2.63. The average Bonchev–Trinajstić information content (AvgIpc) is 2.43. The monoisotopic (exact) mass is 286 g/mol. The summed E-state index contributed by atoms with van der Waals surface area (Å²) in [6, 6.07) is -0.885. The molecular weight excluding hydrogens is 280 g/mol. The third kappa shape index (κ3) is 1.67. The molecule has 2 aliphatic rings. The highest BCUT2D eigenvalue weighted by molar-refractivity contribution is 9.12. The van der Waals surface area contributed by atoms with Gasteiger partial charge in [0, 0.05) is 12.5 Å². The van der Waals surface area contributed by atoms with Crippen molar-refractivity contribution in [2.75, 3.05) is 0 Å². The van der Waals surface area contributed by atoms with Crippen LogP contribution >= 0.6 is 15.9 Å². The number of rotatable bonds is 1. The van der Waals surface area contributed by atoms with Crippen LogP contribution in [0.2, 0.25) is 0 Å².